The van der Waals surface area contributed by atoms with E-state index < -0.39 is 26.7 Å². The molecule has 1 N–H and O–H groups in total. The predicted octanol–water partition coefficient (Wildman–Crippen LogP) is 3.53. The second kappa shape index (κ2) is 8.71. The van der Waals surface area contributed by atoms with Crippen LogP contribution in [0.4, 0.5) is 8.78 Å². The molecule has 0 saturated heterocycles. The molecule has 2 aromatic carbocycles. The van der Waals surface area contributed by atoms with E-state index in [-0.39, 0.29) is 36.7 Å². The maximum atomic E-state index is 14.2. The molecular weight excluding hydrogens is 374 g/mol. The molecule has 0 aliphatic rings. The summed E-state index contributed by atoms with van der Waals surface area (Å²) in [6.07, 6.45) is -0.0919. The van der Waals surface area contributed by atoms with Crippen molar-refractivity contribution < 1.29 is 27.0 Å². The van der Waals surface area contributed by atoms with E-state index in [1.54, 1.807) is 0 Å². The van der Waals surface area contributed by atoms with E-state index in [0.29, 0.717) is 5.02 Å². The Balaban J connectivity index is 2.42. The van der Waals surface area contributed by atoms with Crippen LogP contribution in [0.2, 0.25) is 5.02 Å². The first-order valence-electron chi connectivity index (χ1n) is 7.49. The summed E-state index contributed by atoms with van der Waals surface area (Å²) >= 11 is 5.77. The molecule has 0 aliphatic heterocycles. The molecule has 0 heterocycles. The molecule has 1 unspecified atom stereocenters. The quantitative estimate of drug-likeness (QED) is 0.700. The van der Waals surface area contributed by atoms with Gasteiger partial charge in [0, 0.05) is 17.2 Å². The molecule has 0 saturated carbocycles. The number of sulfone groups is 1. The molecule has 25 heavy (non-hydrogen) atoms. The molecule has 8 heteroatoms. The molecular formula is C17H17ClF2O4S. The molecule has 0 radical (unpaired) electrons. The van der Waals surface area contributed by atoms with Gasteiger partial charge in [-0.05, 0) is 48.9 Å². The number of aliphatic hydroxyl groups is 1. The van der Waals surface area contributed by atoms with Crippen LogP contribution in [0, 0.1) is 11.6 Å². The summed E-state index contributed by atoms with van der Waals surface area (Å²) in [6, 6.07) is 8.15. The average Bonchev–Trinajstić information content (AvgIpc) is 2.57. The van der Waals surface area contributed by atoms with Gasteiger partial charge < -0.3 is 9.84 Å². The van der Waals surface area contributed by atoms with Crippen LogP contribution in [-0.4, -0.2) is 33.3 Å². The maximum absolute atomic E-state index is 14.2. The monoisotopic (exact) mass is 390 g/mol. The summed E-state index contributed by atoms with van der Waals surface area (Å²) in [5.41, 5.74) is -0.262. The van der Waals surface area contributed by atoms with Crippen molar-refractivity contribution in [2.24, 2.45) is 0 Å². The molecule has 4 nitrogen and oxygen atoms in total. The van der Waals surface area contributed by atoms with Gasteiger partial charge in [-0.15, -0.1) is 0 Å². The van der Waals surface area contributed by atoms with E-state index in [0.717, 1.165) is 18.2 Å². The molecule has 1 atom stereocenters. The Morgan fingerprint density at radius 3 is 2.40 bits per heavy atom. The van der Waals surface area contributed by atoms with Crippen LogP contribution in [0.1, 0.15) is 17.2 Å². The van der Waals surface area contributed by atoms with E-state index in [1.807, 2.05) is 0 Å². The zero-order valence-corrected chi connectivity index (χ0v) is 14.7. The predicted molar refractivity (Wildman–Crippen MR) is 90.3 cm³/mol. The number of aliphatic hydroxyl groups excluding tert-OH is 1. The first-order valence-corrected chi connectivity index (χ1v) is 9.41. The Bertz CT molecular complexity index is 810. The van der Waals surface area contributed by atoms with Crippen molar-refractivity contribution in [2.45, 2.75) is 16.6 Å². The van der Waals surface area contributed by atoms with Gasteiger partial charge in [0.15, 0.2) is 9.84 Å². The third kappa shape index (κ3) is 4.98. The Labute approximate surface area is 149 Å². The highest BCUT2D eigenvalue weighted by Crippen LogP contribution is 2.34. The van der Waals surface area contributed by atoms with Crippen LogP contribution in [0.3, 0.4) is 0 Å². The van der Waals surface area contributed by atoms with Gasteiger partial charge in [-0.25, -0.2) is 17.2 Å². The zero-order chi connectivity index (χ0) is 18.4. The molecule has 136 valence electrons. The fraction of sp³-hybridized carbons (Fsp3) is 0.294. The maximum Gasteiger partial charge on any atom is 0.185 e. The van der Waals surface area contributed by atoms with Gasteiger partial charge in [0.2, 0.25) is 0 Å². The summed E-state index contributed by atoms with van der Waals surface area (Å²) < 4.78 is 58.7. The second-order valence-corrected chi connectivity index (χ2v) is 7.84. The minimum Gasteiger partial charge on any atom is -0.394 e. The Morgan fingerprint density at radius 2 is 1.76 bits per heavy atom. The third-order valence-electron chi connectivity index (χ3n) is 3.58. The molecule has 0 aliphatic carbocycles. The first kappa shape index (κ1) is 19.8. The van der Waals surface area contributed by atoms with Gasteiger partial charge in [-0.2, -0.15) is 0 Å². The average molecular weight is 391 g/mol. The molecule has 0 amide bonds. The van der Waals surface area contributed by atoms with Crippen LogP contribution >= 0.6 is 11.6 Å². The number of hydrogen-bond acceptors (Lipinski definition) is 4. The highest BCUT2D eigenvalue weighted by molar-refractivity contribution is 7.91. The van der Waals surface area contributed by atoms with Gasteiger partial charge in [-0.3, -0.25) is 0 Å². The lowest BCUT2D eigenvalue weighted by Crippen LogP contribution is -2.18. The largest absolute Gasteiger partial charge is 0.394 e. The van der Waals surface area contributed by atoms with Gasteiger partial charge in [0.1, 0.15) is 11.6 Å². The third-order valence-corrected chi connectivity index (χ3v) is 6.00. The molecule has 2 rings (SSSR count). The fourth-order valence-corrected chi connectivity index (χ4v) is 4.28. The lowest BCUT2D eigenvalue weighted by atomic mass is 10.1. The summed E-state index contributed by atoms with van der Waals surface area (Å²) in [4.78, 5) is -0.0484. The molecule has 0 fully saturated rings. The topological polar surface area (TPSA) is 63.6 Å². The number of hydrogen-bond donors (Lipinski definition) is 1. The number of benzene rings is 2. The zero-order valence-electron chi connectivity index (χ0n) is 13.2. The molecule has 0 bridgehead atoms. The van der Waals surface area contributed by atoms with Crippen molar-refractivity contribution in [1.29, 1.82) is 0 Å². The summed E-state index contributed by atoms with van der Waals surface area (Å²) in [5, 5.41) is 7.76. The van der Waals surface area contributed by atoms with Crippen molar-refractivity contribution in [3.8, 4) is 0 Å². The number of halogens is 3. The number of ether oxygens (including phenoxy) is 1. The van der Waals surface area contributed by atoms with E-state index in [9.17, 15) is 17.2 Å². The van der Waals surface area contributed by atoms with E-state index in [2.05, 4.69) is 0 Å². The van der Waals surface area contributed by atoms with Crippen LogP contribution in [-0.2, 0) is 14.6 Å². The second-order valence-electron chi connectivity index (χ2n) is 5.28. The van der Waals surface area contributed by atoms with Crippen LogP contribution < -0.4 is 0 Å². The van der Waals surface area contributed by atoms with Crippen molar-refractivity contribution in [3.05, 3.63) is 64.7 Å². The normalized spacial score (nSPS) is 13.0. The summed E-state index contributed by atoms with van der Waals surface area (Å²) in [6.45, 7) is -0.226. The van der Waals surface area contributed by atoms with Gasteiger partial charge in [0.05, 0.1) is 23.4 Å². The lowest BCUT2D eigenvalue weighted by molar-refractivity contribution is 0.0901. The molecule has 0 spiro atoms. The van der Waals surface area contributed by atoms with Gasteiger partial charge >= 0.3 is 0 Å². The van der Waals surface area contributed by atoms with Crippen LogP contribution in [0.15, 0.2) is 47.4 Å². The first-order chi connectivity index (χ1) is 11.9. The Morgan fingerprint density at radius 1 is 1.08 bits per heavy atom. The van der Waals surface area contributed by atoms with Crippen LogP contribution in [0.25, 0.3) is 0 Å². The highest BCUT2D eigenvalue weighted by Gasteiger charge is 2.31. The molecule has 0 aromatic heterocycles. The Hall–Kier alpha value is -1.54. The highest BCUT2D eigenvalue weighted by atomic mass is 35.5. The standard InChI is InChI=1S/C17H17ClF2O4S/c18-12-1-4-14(5-2-12)25(22,23)17(7-9-24-10-8-21)15-11-13(19)3-6-16(15)20/h1-6,11,17,21H,7-10H2. The smallest absolute Gasteiger partial charge is 0.185 e. The SMILES string of the molecule is O=S(=O)(c1ccc(Cl)cc1)C(CCOCCO)c1cc(F)ccc1F. The molecule has 2 aromatic rings. The Kier molecular flexibility index (Phi) is 6.89. The van der Waals surface area contributed by atoms with E-state index >= 15 is 0 Å². The van der Waals surface area contributed by atoms with Crippen molar-refractivity contribution in [1.82, 2.24) is 0 Å². The van der Waals surface area contributed by atoms with Crippen LogP contribution in [0.5, 0.6) is 0 Å². The van der Waals surface area contributed by atoms with Gasteiger partial charge in [0.25, 0.3) is 0 Å². The van der Waals surface area contributed by atoms with Gasteiger partial charge in [-0.1, -0.05) is 11.6 Å². The fourth-order valence-electron chi connectivity index (χ4n) is 2.38. The van der Waals surface area contributed by atoms with E-state index in [1.165, 1.54) is 24.3 Å². The lowest BCUT2D eigenvalue weighted by Gasteiger charge is -2.19. The van der Waals surface area contributed by atoms with E-state index in [4.69, 9.17) is 21.4 Å². The summed E-state index contributed by atoms with van der Waals surface area (Å²) in [5.74, 6) is -1.55. The minimum atomic E-state index is -4.01. The van der Waals surface area contributed by atoms with Crippen molar-refractivity contribution in [3.63, 3.8) is 0 Å². The summed E-state index contributed by atoms with van der Waals surface area (Å²) in [7, 11) is -4.01. The van der Waals surface area contributed by atoms with Crippen molar-refractivity contribution in [2.75, 3.05) is 19.8 Å². The number of rotatable bonds is 8. The minimum absolute atomic E-state index is 0.0271. The van der Waals surface area contributed by atoms with Crippen molar-refractivity contribution >= 4 is 21.4 Å².